The fourth-order valence-corrected chi connectivity index (χ4v) is 5.85. The number of nitrogens with one attached hydrogen (secondary N) is 1. The number of nitrogens with zero attached hydrogens (tertiary/aromatic N) is 1. The van der Waals surface area contributed by atoms with E-state index in [4.69, 9.17) is 32.7 Å². The van der Waals surface area contributed by atoms with E-state index in [2.05, 4.69) is 55.3 Å². The number of rotatable bonds is 6. The second-order valence-corrected chi connectivity index (χ2v) is 11.0. The molecule has 5 rings (SSSR count). The van der Waals surface area contributed by atoms with Gasteiger partial charge in [-0.1, -0.05) is 73.0 Å². The molecule has 0 radical (unpaired) electrons. The molecule has 1 atom stereocenters. The molecule has 2 heterocycles. The number of carbonyl (C=O) groups is 1. The van der Waals surface area contributed by atoms with Crippen LogP contribution in [0, 0.1) is 6.92 Å². The lowest BCUT2D eigenvalue weighted by molar-refractivity contribution is -0.124. The maximum absolute atomic E-state index is 12.7. The Labute approximate surface area is 228 Å². The van der Waals surface area contributed by atoms with Gasteiger partial charge in [-0.3, -0.25) is 4.79 Å². The van der Waals surface area contributed by atoms with Gasteiger partial charge < -0.3 is 19.7 Å². The van der Waals surface area contributed by atoms with Gasteiger partial charge in [0.15, 0.2) is 11.5 Å². The summed E-state index contributed by atoms with van der Waals surface area (Å²) < 4.78 is 11.6. The van der Waals surface area contributed by atoms with Crippen molar-refractivity contribution in [3.63, 3.8) is 0 Å². The van der Waals surface area contributed by atoms with Gasteiger partial charge in [0.05, 0.1) is 7.11 Å². The van der Waals surface area contributed by atoms with Crippen molar-refractivity contribution in [3.8, 4) is 11.5 Å². The topological polar surface area (TPSA) is 50.8 Å². The third-order valence-corrected chi connectivity index (χ3v) is 8.08. The van der Waals surface area contributed by atoms with Gasteiger partial charge in [0.1, 0.15) is 12.3 Å². The summed E-state index contributed by atoms with van der Waals surface area (Å²) in [5.74, 6) is 1.28. The number of benzene rings is 3. The number of hydrogen-bond acceptors (Lipinski definition) is 4. The molecular formula is C30H30Cl2N2O3. The zero-order valence-electron chi connectivity index (χ0n) is 21.4. The second-order valence-electron chi connectivity index (χ2n) is 10.1. The molecule has 0 bridgehead atoms. The molecular weight excluding hydrogens is 507 g/mol. The van der Waals surface area contributed by atoms with Crippen LogP contribution in [0.15, 0.2) is 60.7 Å². The first-order valence-corrected chi connectivity index (χ1v) is 13.0. The van der Waals surface area contributed by atoms with Crippen molar-refractivity contribution in [3.05, 3.63) is 93.0 Å². The second kappa shape index (κ2) is 9.62. The monoisotopic (exact) mass is 536 g/mol. The lowest BCUT2D eigenvalue weighted by atomic mass is 9.74. The van der Waals surface area contributed by atoms with Crippen molar-refractivity contribution in [2.45, 2.75) is 44.9 Å². The molecule has 2 aliphatic rings. The number of methoxy groups -OCH3 is 1. The van der Waals surface area contributed by atoms with E-state index in [0.717, 1.165) is 11.1 Å². The SMILES string of the molecule is COc1cc(/C=C/[C@@]23NC(=O)CCN2c2ccc(C)cc2C3(C)C)ccc1OCc1ccc(Cl)cc1Cl. The highest BCUT2D eigenvalue weighted by molar-refractivity contribution is 6.35. The number of halogens is 2. The molecule has 3 aromatic rings. The van der Waals surface area contributed by atoms with Gasteiger partial charge in [-0.15, -0.1) is 0 Å². The Bertz CT molecular complexity index is 1400. The van der Waals surface area contributed by atoms with E-state index >= 15 is 0 Å². The normalized spacial score (nSPS) is 19.9. The number of anilines is 1. The predicted octanol–water partition coefficient (Wildman–Crippen LogP) is 6.92. The first kappa shape index (κ1) is 25.5. The number of carbonyl (C=O) groups excluding carboxylic acids is 1. The zero-order chi connectivity index (χ0) is 26.4. The summed E-state index contributed by atoms with van der Waals surface area (Å²) in [6.07, 6.45) is 4.63. The fraction of sp³-hybridized carbons (Fsp3) is 0.300. The molecule has 2 aliphatic heterocycles. The van der Waals surface area contributed by atoms with E-state index in [1.165, 1.54) is 16.8 Å². The lowest BCUT2D eigenvalue weighted by Crippen LogP contribution is -2.68. The van der Waals surface area contributed by atoms with Crippen LogP contribution in [0.4, 0.5) is 5.69 Å². The average Bonchev–Trinajstić information content (AvgIpc) is 3.05. The zero-order valence-corrected chi connectivity index (χ0v) is 22.9. The van der Waals surface area contributed by atoms with Crippen LogP contribution in [0.2, 0.25) is 10.0 Å². The molecule has 1 amide bonds. The summed E-state index contributed by atoms with van der Waals surface area (Å²) in [5.41, 5.74) is 4.37. The summed E-state index contributed by atoms with van der Waals surface area (Å²) in [7, 11) is 1.62. The minimum absolute atomic E-state index is 0.0562. The van der Waals surface area contributed by atoms with Crippen molar-refractivity contribution in [2.24, 2.45) is 0 Å². The highest BCUT2D eigenvalue weighted by Crippen LogP contribution is 2.52. The fourth-order valence-electron chi connectivity index (χ4n) is 5.39. The number of ether oxygens (including phenoxy) is 2. The highest BCUT2D eigenvalue weighted by Gasteiger charge is 2.57. The molecule has 3 aromatic carbocycles. The van der Waals surface area contributed by atoms with E-state index in [0.29, 0.717) is 34.5 Å². The van der Waals surface area contributed by atoms with Crippen LogP contribution in [0.25, 0.3) is 6.08 Å². The van der Waals surface area contributed by atoms with Gasteiger partial charge in [0.25, 0.3) is 0 Å². The van der Waals surface area contributed by atoms with E-state index in [1.807, 2.05) is 30.3 Å². The number of amides is 1. The first-order chi connectivity index (χ1) is 17.6. The Kier molecular flexibility index (Phi) is 6.63. The predicted molar refractivity (Wildman–Crippen MR) is 150 cm³/mol. The summed E-state index contributed by atoms with van der Waals surface area (Å²) in [5, 5.41) is 4.47. The third-order valence-electron chi connectivity index (χ3n) is 7.49. The maximum Gasteiger partial charge on any atom is 0.223 e. The van der Waals surface area contributed by atoms with Crippen LogP contribution >= 0.6 is 23.2 Å². The van der Waals surface area contributed by atoms with Crippen molar-refractivity contribution in [1.29, 1.82) is 0 Å². The summed E-state index contributed by atoms with van der Waals surface area (Å²) in [6.45, 7) is 7.45. The van der Waals surface area contributed by atoms with Crippen molar-refractivity contribution >= 4 is 40.9 Å². The average molecular weight is 537 g/mol. The van der Waals surface area contributed by atoms with Crippen LogP contribution in [-0.4, -0.2) is 25.2 Å². The minimum atomic E-state index is -0.674. The van der Waals surface area contributed by atoms with Gasteiger partial charge >= 0.3 is 0 Å². The van der Waals surface area contributed by atoms with Crippen LogP contribution in [0.5, 0.6) is 11.5 Å². The van der Waals surface area contributed by atoms with Gasteiger partial charge in [0.2, 0.25) is 5.91 Å². The number of hydrogen-bond donors (Lipinski definition) is 1. The van der Waals surface area contributed by atoms with Crippen molar-refractivity contribution in [1.82, 2.24) is 5.32 Å². The molecule has 1 saturated heterocycles. The molecule has 5 nitrogen and oxygen atoms in total. The Balaban J connectivity index is 1.44. The number of fused-ring (bicyclic) bond motifs is 3. The standard InChI is InChI=1S/C30H30Cl2N2O3/c1-19-5-9-25-23(15-19)29(2,3)30(33-28(35)12-14-34(25)30)13-11-20-6-10-26(27(16-20)36-4)37-18-21-7-8-22(31)17-24(21)32/h5-11,13,15-17H,12,14,18H2,1-4H3,(H,33,35)/b13-11+/t30-/m1/s1. The molecule has 1 N–H and O–H groups in total. The first-order valence-electron chi connectivity index (χ1n) is 12.3. The molecule has 0 unspecified atom stereocenters. The Hall–Kier alpha value is -3.15. The van der Waals surface area contributed by atoms with E-state index < -0.39 is 5.66 Å². The van der Waals surface area contributed by atoms with Gasteiger partial charge in [-0.05, 0) is 54.5 Å². The molecule has 0 aromatic heterocycles. The summed E-state index contributed by atoms with van der Waals surface area (Å²) >= 11 is 12.3. The maximum atomic E-state index is 12.7. The molecule has 0 saturated carbocycles. The largest absolute Gasteiger partial charge is 0.493 e. The molecule has 192 valence electrons. The van der Waals surface area contributed by atoms with Gasteiger partial charge in [-0.2, -0.15) is 0 Å². The van der Waals surface area contributed by atoms with Gasteiger partial charge in [-0.25, -0.2) is 0 Å². The minimum Gasteiger partial charge on any atom is -0.493 e. The third kappa shape index (κ3) is 4.45. The number of aryl methyl sites for hydroxylation is 1. The Morgan fingerprint density at radius 1 is 1.05 bits per heavy atom. The molecule has 1 fully saturated rings. The van der Waals surface area contributed by atoms with E-state index in [9.17, 15) is 4.79 Å². The van der Waals surface area contributed by atoms with Crippen LogP contribution < -0.4 is 19.7 Å². The Morgan fingerprint density at radius 2 is 1.86 bits per heavy atom. The van der Waals surface area contributed by atoms with Crippen molar-refractivity contribution < 1.29 is 14.3 Å². The lowest BCUT2D eigenvalue weighted by Gasteiger charge is -2.49. The quantitative estimate of drug-likeness (QED) is 0.371. The smallest absolute Gasteiger partial charge is 0.223 e. The summed E-state index contributed by atoms with van der Waals surface area (Å²) in [6, 6.07) is 17.7. The van der Waals surface area contributed by atoms with E-state index in [1.54, 1.807) is 19.2 Å². The van der Waals surface area contributed by atoms with Crippen LogP contribution in [0.1, 0.15) is 42.5 Å². The molecule has 7 heteroatoms. The van der Waals surface area contributed by atoms with E-state index in [-0.39, 0.29) is 17.9 Å². The molecule has 0 spiro atoms. The molecule has 37 heavy (non-hydrogen) atoms. The van der Waals surface area contributed by atoms with Crippen LogP contribution in [0.3, 0.4) is 0 Å². The van der Waals surface area contributed by atoms with Crippen LogP contribution in [-0.2, 0) is 16.8 Å². The highest BCUT2D eigenvalue weighted by atomic mass is 35.5. The summed E-state index contributed by atoms with van der Waals surface area (Å²) in [4.78, 5) is 15.0. The molecule has 0 aliphatic carbocycles. The Morgan fingerprint density at radius 3 is 2.62 bits per heavy atom. The van der Waals surface area contributed by atoms with Gasteiger partial charge in [0, 0.05) is 39.7 Å². The van der Waals surface area contributed by atoms with Crippen molar-refractivity contribution in [2.75, 3.05) is 18.6 Å².